The molecule has 1 aliphatic rings. The molecule has 3 aromatic carbocycles. The molecule has 4 nitrogen and oxygen atoms in total. The Morgan fingerprint density at radius 2 is 1.24 bits per heavy atom. The molecule has 1 saturated heterocycles. The minimum Gasteiger partial charge on any atom is -0.445 e. The zero-order valence-electron chi connectivity index (χ0n) is 27.1. The van der Waals surface area contributed by atoms with Gasteiger partial charge in [-0.15, -0.1) is 0 Å². The summed E-state index contributed by atoms with van der Waals surface area (Å²) in [7, 11) is 0. The van der Waals surface area contributed by atoms with E-state index >= 15 is 0 Å². The summed E-state index contributed by atoms with van der Waals surface area (Å²) in [6.45, 7) is 24.1. The van der Waals surface area contributed by atoms with Crippen molar-refractivity contribution in [2.45, 2.75) is 103 Å². The first-order valence-electron chi connectivity index (χ1n) is 15.2. The number of ether oxygens (including phenoxy) is 1. The van der Waals surface area contributed by atoms with Gasteiger partial charge in [0.05, 0.1) is 5.54 Å². The fraction of sp³-hybridized carbons (Fsp3) is 0.447. The molecule has 1 amide bonds. The summed E-state index contributed by atoms with van der Waals surface area (Å²) in [5, 5.41) is 6.78. The average molecular weight is 567 g/mol. The van der Waals surface area contributed by atoms with Crippen LogP contribution in [0.5, 0.6) is 0 Å². The number of benzene rings is 3. The number of alkyl carbamates (subject to hydrolysis) is 1. The predicted octanol–water partition coefficient (Wildman–Crippen LogP) is 8.84. The standard InChI is InChI=1S/C38H50N2O2/c1-25(2)26-11-21-31(22-12-26)38(9,10)40-35(41)42-32-23-33(39-24-32)34(27-13-17-29(18-14-27)36(3,4)5)28-15-19-30(20-16-28)37(6,7)8/h11-22,32-34,39H,1,23-24H2,2-10H3,(H,40,41). The number of allylic oxidation sites excluding steroid dienone is 1. The van der Waals surface area contributed by atoms with E-state index in [1.165, 1.54) is 22.3 Å². The van der Waals surface area contributed by atoms with E-state index in [0.29, 0.717) is 6.54 Å². The average Bonchev–Trinajstić information content (AvgIpc) is 3.35. The summed E-state index contributed by atoms with van der Waals surface area (Å²) >= 11 is 0. The Labute approximate surface area is 254 Å². The SMILES string of the molecule is C=C(C)c1ccc(C(C)(C)NC(=O)OC2CNC(C(c3ccc(C(C)(C)C)cc3)c3ccc(C(C)(C)C)cc3)C2)cc1. The van der Waals surface area contributed by atoms with Crippen LogP contribution in [0.3, 0.4) is 0 Å². The molecule has 0 aromatic heterocycles. The van der Waals surface area contributed by atoms with Crippen LogP contribution < -0.4 is 10.6 Å². The molecule has 2 atom stereocenters. The van der Waals surface area contributed by atoms with Gasteiger partial charge in [0, 0.05) is 24.9 Å². The molecular weight excluding hydrogens is 516 g/mol. The van der Waals surface area contributed by atoms with Crippen LogP contribution in [-0.4, -0.2) is 24.8 Å². The molecule has 1 aliphatic heterocycles. The van der Waals surface area contributed by atoms with E-state index in [2.05, 4.69) is 107 Å². The summed E-state index contributed by atoms with van der Waals surface area (Å²) in [5.74, 6) is 0.146. The van der Waals surface area contributed by atoms with E-state index in [9.17, 15) is 4.79 Å². The summed E-state index contributed by atoms with van der Waals surface area (Å²) in [6.07, 6.45) is 0.146. The Hall–Kier alpha value is -3.37. The van der Waals surface area contributed by atoms with Crippen molar-refractivity contribution in [3.63, 3.8) is 0 Å². The second-order valence-electron chi connectivity index (χ2n) is 14.6. The van der Waals surface area contributed by atoms with Gasteiger partial charge in [-0.3, -0.25) is 0 Å². The van der Waals surface area contributed by atoms with Crippen molar-refractivity contribution in [1.29, 1.82) is 0 Å². The zero-order chi connectivity index (χ0) is 30.9. The molecule has 4 heteroatoms. The summed E-state index contributed by atoms with van der Waals surface area (Å²) < 4.78 is 5.98. The maximum absolute atomic E-state index is 13.1. The van der Waals surface area contributed by atoms with Gasteiger partial charge in [0.1, 0.15) is 6.10 Å². The Bertz CT molecular complexity index is 1310. The fourth-order valence-electron chi connectivity index (χ4n) is 5.79. The first kappa shape index (κ1) is 31.6. The lowest BCUT2D eigenvalue weighted by molar-refractivity contribution is 0.0975. The molecule has 0 saturated carbocycles. The Balaban J connectivity index is 1.50. The number of carbonyl (C=O) groups is 1. The van der Waals surface area contributed by atoms with Gasteiger partial charge in [-0.05, 0) is 65.0 Å². The maximum atomic E-state index is 13.1. The lowest BCUT2D eigenvalue weighted by Gasteiger charge is -2.28. The Morgan fingerprint density at radius 1 is 0.786 bits per heavy atom. The molecule has 42 heavy (non-hydrogen) atoms. The van der Waals surface area contributed by atoms with Crippen molar-refractivity contribution in [2.24, 2.45) is 0 Å². The van der Waals surface area contributed by atoms with Gasteiger partial charge >= 0.3 is 6.09 Å². The van der Waals surface area contributed by atoms with Crippen LogP contribution in [-0.2, 0) is 21.1 Å². The van der Waals surface area contributed by atoms with Gasteiger partial charge in [-0.2, -0.15) is 0 Å². The van der Waals surface area contributed by atoms with Crippen molar-refractivity contribution < 1.29 is 9.53 Å². The Morgan fingerprint density at radius 3 is 1.67 bits per heavy atom. The molecule has 0 bridgehead atoms. The highest BCUT2D eigenvalue weighted by Crippen LogP contribution is 2.35. The largest absolute Gasteiger partial charge is 0.445 e. The molecule has 4 rings (SSSR count). The van der Waals surface area contributed by atoms with Crippen LogP contribution in [0.2, 0.25) is 0 Å². The van der Waals surface area contributed by atoms with Crippen molar-refractivity contribution >= 4 is 11.7 Å². The monoisotopic (exact) mass is 566 g/mol. The van der Waals surface area contributed by atoms with E-state index in [0.717, 1.165) is 23.1 Å². The normalized spacial score (nSPS) is 17.8. The highest BCUT2D eigenvalue weighted by atomic mass is 16.6. The lowest BCUT2D eigenvalue weighted by Crippen LogP contribution is -2.42. The minimum atomic E-state index is -0.567. The first-order valence-corrected chi connectivity index (χ1v) is 15.2. The van der Waals surface area contributed by atoms with Gasteiger partial charge < -0.3 is 15.4 Å². The molecule has 224 valence electrons. The number of amides is 1. The smallest absolute Gasteiger partial charge is 0.408 e. The molecule has 0 radical (unpaired) electrons. The van der Waals surface area contributed by atoms with Gasteiger partial charge in [-0.1, -0.05) is 126 Å². The third-order valence-corrected chi connectivity index (χ3v) is 8.59. The van der Waals surface area contributed by atoms with Crippen LogP contribution in [0.4, 0.5) is 4.79 Å². The van der Waals surface area contributed by atoms with Crippen LogP contribution >= 0.6 is 0 Å². The van der Waals surface area contributed by atoms with E-state index in [1.54, 1.807) is 0 Å². The number of rotatable bonds is 7. The van der Waals surface area contributed by atoms with Gasteiger partial charge in [0.15, 0.2) is 0 Å². The van der Waals surface area contributed by atoms with E-state index in [-0.39, 0.29) is 28.9 Å². The zero-order valence-corrected chi connectivity index (χ0v) is 27.1. The third-order valence-electron chi connectivity index (χ3n) is 8.59. The van der Waals surface area contributed by atoms with Crippen molar-refractivity contribution in [2.75, 3.05) is 6.54 Å². The third kappa shape index (κ3) is 7.52. The number of hydrogen-bond acceptors (Lipinski definition) is 3. The van der Waals surface area contributed by atoms with E-state index in [1.807, 2.05) is 45.0 Å². The van der Waals surface area contributed by atoms with E-state index in [4.69, 9.17) is 4.74 Å². The topological polar surface area (TPSA) is 50.4 Å². The fourth-order valence-corrected chi connectivity index (χ4v) is 5.79. The van der Waals surface area contributed by atoms with Crippen LogP contribution in [0.25, 0.3) is 5.57 Å². The molecule has 1 heterocycles. The van der Waals surface area contributed by atoms with Crippen LogP contribution in [0, 0.1) is 0 Å². The summed E-state index contributed by atoms with van der Waals surface area (Å²) in [6, 6.07) is 26.4. The quantitative estimate of drug-likeness (QED) is 0.300. The minimum absolute atomic E-state index is 0.0979. The lowest BCUT2D eigenvalue weighted by atomic mass is 9.80. The second kappa shape index (κ2) is 12.1. The first-order chi connectivity index (χ1) is 19.5. The van der Waals surface area contributed by atoms with Crippen LogP contribution in [0.1, 0.15) is 108 Å². The highest BCUT2D eigenvalue weighted by molar-refractivity contribution is 5.69. The van der Waals surface area contributed by atoms with Crippen molar-refractivity contribution in [1.82, 2.24) is 10.6 Å². The number of hydrogen-bond donors (Lipinski definition) is 2. The summed E-state index contributed by atoms with van der Waals surface area (Å²) in [4.78, 5) is 13.1. The van der Waals surface area contributed by atoms with Crippen LogP contribution in [0.15, 0.2) is 79.4 Å². The molecule has 2 N–H and O–H groups in total. The predicted molar refractivity (Wildman–Crippen MR) is 176 cm³/mol. The molecule has 0 spiro atoms. The Kier molecular flexibility index (Phi) is 9.08. The van der Waals surface area contributed by atoms with Gasteiger partial charge in [0.2, 0.25) is 0 Å². The van der Waals surface area contributed by atoms with Gasteiger partial charge in [-0.25, -0.2) is 4.79 Å². The molecule has 2 unspecified atom stereocenters. The number of carbonyl (C=O) groups excluding carboxylic acids is 1. The summed E-state index contributed by atoms with van der Waals surface area (Å²) in [5.41, 5.74) is 7.94. The molecule has 3 aromatic rings. The maximum Gasteiger partial charge on any atom is 0.408 e. The molecule has 0 aliphatic carbocycles. The highest BCUT2D eigenvalue weighted by Gasteiger charge is 2.35. The molecular formula is C38H50N2O2. The number of nitrogens with one attached hydrogen (secondary N) is 2. The van der Waals surface area contributed by atoms with Crippen molar-refractivity contribution in [3.8, 4) is 0 Å². The van der Waals surface area contributed by atoms with Crippen molar-refractivity contribution in [3.05, 3.63) is 113 Å². The molecule has 1 fully saturated rings. The van der Waals surface area contributed by atoms with Gasteiger partial charge in [0.25, 0.3) is 0 Å². The second-order valence-corrected chi connectivity index (χ2v) is 14.6. The van der Waals surface area contributed by atoms with E-state index < -0.39 is 11.6 Å².